The molecule has 1 aliphatic carbocycles. The van der Waals surface area contributed by atoms with Gasteiger partial charge in [-0.3, -0.25) is 4.79 Å². The Kier molecular flexibility index (Phi) is 4.07. The van der Waals surface area contributed by atoms with Gasteiger partial charge in [0.15, 0.2) is 5.82 Å². The average Bonchev–Trinajstić information content (AvgIpc) is 2.95. The Hall–Kier alpha value is -1.34. The number of nitrogens with one attached hydrogen (secondary N) is 2. The summed E-state index contributed by atoms with van der Waals surface area (Å²) in [6.07, 6.45) is 5.68. The van der Waals surface area contributed by atoms with Crippen LogP contribution in [0.2, 0.25) is 0 Å². The zero-order valence-electron chi connectivity index (χ0n) is 11.4. The monoisotopic (exact) mass is 296 g/mol. The third kappa shape index (κ3) is 3.21. The van der Waals surface area contributed by atoms with Gasteiger partial charge in [-0.2, -0.15) is 4.37 Å². The highest BCUT2D eigenvalue weighted by Crippen LogP contribution is 2.28. The van der Waals surface area contributed by atoms with E-state index in [-0.39, 0.29) is 5.91 Å². The fourth-order valence-electron chi connectivity index (χ4n) is 2.35. The second-order valence-corrected chi connectivity index (χ2v) is 6.14. The van der Waals surface area contributed by atoms with Gasteiger partial charge in [0.25, 0.3) is 5.91 Å². The van der Waals surface area contributed by atoms with Gasteiger partial charge in [-0.15, -0.1) is 0 Å². The number of nitrogen functional groups attached to an aromatic ring is 1. The molecule has 1 aliphatic heterocycles. The van der Waals surface area contributed by atoms with Crippen LogP contribution in [0.3, 0.4) is 0 Å². The van der Waals surface area contributed by atoms with Crippen LogP contribution in [0, 0.1) is 0 Å². The van der Waals surface area contributed by atoms with Crippen LogP contribution in [-0.4, -0.2) is 35.6 Å². The van der Waals surface area contributed by atoms with Crippen molar-refractivity contribution in [3.63, 3.8) is 0 Å². The highest BCUT2D eigenvalue weighted by molar-refractivity contribution is 7.11. The van der Waals surface area contributed by atoms with Crippen LogP contribution in [0.5, 0.6) is 0 Å². The van der Waals surface area contributed by atoms with E-state index in [1.807, 2.05) is 0 Å². The first-order chi connectivity index (χ1) is 9.74. The van der Waals surface area contributed by atoms with Crippen LogP contribution < -0.4 is 16.4 Å². The van der Waals surface area contributed by atoms with Crippen LogP contribution in [0.1, 0.15) is 42.5 Å². The topological polar surface area (TPSA) is 89.3 Å². The maximum atomic E-state index is 12.1. The fourth-order valence-corrected chi connectivity index (χ4v) is 3.08. The quantitative estimate of drug-likeness (QED) is 0.742. The lowest BCUT2D eigenvalue weighted by Gasteiger charge is -2.11. The summed E-state index contributed by atoms with van der Waals surface area (Å²) in [5.74, 6) is 0.200. The van der Waals surface area contributed by atoms with Gasteiger partial charge in [-0.1, -0.05) is 0 Å². The van der Waals surface area contributed by atoms with E-state index >= 15 is 0 Å². The van der Waals surface area contributed by atoms with Crippen molar-refractivity contribution in [1.29, 1.82) is 0 Å². The molecule has 1 aromatic rings. The largest absolute Gasteiger partial charge is 0.382 e. The van der Waals surface area contributed by atoms with E-state index in [9.17, 15) is 4.79 Å². The van der Waals surface area contributed by atoms with Crippen molar-refractivity contribution in [2.24, 2.45) is 0 Å². The van der Waals surface area contributed by atoms with Gasteiger partial charge in [0.1, 0.15) is 10.6 Å². The van der Waals surface area contributed by atoms with Crippen molar-refractivity contribution >= 4 is 28.3 Å². The Bertz CT molecular complexity index is 481. The SMILES string of the molecule is Nc1nsc(NCCC2CCCO2)c1C(=O)NC1CC1. The molecular formula is C13H20N4O2S. The molecule has 0 bridgehead atoms. The van der Waals surface area contributed by atoms with Crippen LogP contribution in [0.4, 0.5) is 10.8 Å². The predicted molar refractivity (Wildman–Crippen MR) is 79.1 cm³/mol. The lowest BCUT2D eigenvalue weighted by atomic mass is 10.2. The fraction of sp³-hybridized carbons (Fsp3) is 0.692. The summed E-state index contributed by atoms with van der Waals surface area (Å²) in [6.45, 7) is 1.64. The number of anilines is 2. The molecule has 0 spiro atoms. The van der Waals surface area contributed by atoms with Crippen LogP contribution in [0.15, 0.2) is 0 Å². The summed E-state index contributed by atoms with van der Waals surface area (Å²) >= 11 is 1.25. The van der Waals surface area contributed by atoms with Gasteiger partial charge in [0, 0.05) is 19.2 Å². The van der Waals surface area contributed by atoms with Crippen molar-refractivity contribution in [3.8, 4) is 0 Å². The van der Waals surface area contributed by atoms with Crippen molar-refractivity contribution in [2.45, 2.75) is 44.2 Å². The van der Waals surface area contributed by atoms with Crippen LogP contribution in [0.25, 0.3) is 0 Å². The van der Waals surface area contributed by atoms with Gasteiger partial charge in [0.05, 0.1) is 6.10 Å². The van der Waals surface area contributed by atoms with E-state index in [1.165, 1.54) is 11.5 Å². The summed E-state index contributed by atoms with van der Waals surface area (Å²) in [5, 5.41) is 6.99. The Balaban J connectivity index is 1.56. The molecule has 6 nitrogen and oxygen atoms in total. The number of hydrogen-bond acceptors (Lipinski definition) is 6. The normalized spacial score (nSPS) is 21.9. The molecule has 1 atom stereocenters. The Morgan fingerprint density at radius 1 is 1.45 bits per heavy atom. The summed E-state index contributed by atoms with van der Waals surface area (Å²) in [4.78, 5) is 12.1. The molecule has 110 valence electrons. The number of carbonyl (C=O) groups excluding carboxylic acids is 1. The number of carbonyl (C=O) groups is 1. The zero-order valence-corrected chi connectivity index (χ0v) is 12.2. The number of aromatic nitrogens is 1. The molecule has 1 amide bonds. The highest BCUT2D eigenvalue weighted by Gasteiger charge is 2.27. The Morgan fingerprint density at radius 3 is 3.00 bits per heavy atom. The van der Waals surface area contributed by atoms with Crippen LogP contribution >= 0.6 is 11.5 Å². The first kappa shape index (κ1) is 13.6. The first-order valence-electron chi connectivity index (χ1n) is 7.15. The number of amides is 1. The van der Waals surface area contributed by atoms with Crippen molar-refractivity contribution in [3.05, 3.63) is 5.56 Å². The standard InChI is InChI=1S/C13H20N4O2S/c14-11-10(12(18)16-8-3-4-8)13(20-17-11)15-6-5-9-2-1-7-19-9/h8-9,15H,1-7H2,(H2,14,17)(H,16,18). The molecule has 20 heavy (non-hydrogen) atoms. The molecule has 1 saturated heterocycles. The third-order valence-corrected chi connectivity index (χ3v) is 4.45. The molecule has 2 heterocycles. The maximum absolute atomic E-state index is 12.1. The second-order valence-electron chi connectivity index (χ2n) is 5.37. The van der Waals surface area contributed by atoms with Crippen molar-refractivity contribution in [1.82, 2.24) is 9.69 Å². The lowest BCUT2D eigenvalue weighted by molar-refractivity contribution is 0.0953. The molecule has 3 rings (SSSR count). The van der Waals surface area contributed by atoms with Crippen molar-refractivity contribution < 1.29 is 9.53 Å². The van der Waals surface area contributed by atoms with E-state index in [4.69, 9.17) is 10.5 Å². The minimum absolute atomic E-state index is 0.113. The Morgan fingerprint density at radius 2 is 2.30 bits per heavy atom. The van der Waals surface area contributed by atoms with Crippen LogP contribution in [-0.2, 0) is 4.74 Å². The summed E-state index contributed by atoms with van der Waals surface area (Å²) in [5.41, 5.74) is 6.30. The molecule has 1 unspecified atom stereocenters. The van der Waals surface area contributed by atoms with Gasteiger partial charge < -0.3 is 21.1 Å². The van der Waals surface area contributed by atoms with E-state index in [1.54, 1.807) is 0 Å². The van der Waals surface area contributed by atoms with Gasteiger partial charge in [-0.05, 0) is 43.6 Å². The smallest absolute Gasteiger partial charge is 0.258 e. The lowest BCUT2D eigenvalue weighted by Crippen LogP contribution is -2.26. The number of hydrogen-bond donors (Lipinski definition) is 3. The molecule has 4 N–H and O–H groups in total. The van der Waals surface area contributed by atoms with E-state index in [0.717, 1.165) is 50.3 Å². The number of ether oxygens (including phenoxy) is 1. The average molecular weight is 296 g/mol. The Labute approximate surface area is 122 Å². The number of nitrogens with two attached hydrogens (primary N) is 1. The summed E-state index contributed by atoms with van der Waals surface area (Å²) < 4.78 is 9.66. The minimum Gasteiger partial charge on any atom is -0.382 e. The van der Waals surface area contributed by atoms with Gasteiger partial charge >= 0.3 is 0 Å². The van der Waals surface area contributed by atoms with Crippen molar-refractivity contribution in [2.75, 3.05) is 24.2 Å². The summed E-state index contributed by atoms with van der Waals surface area (Å²) in [7, 11) is 0. The number of nitrogens with zero attached hydrogens (tertiary/aromatic N) is 1. The summed E-state index contributed by atoms with van der Waals surface area (Å²) in [6, 6.07) is 0.321. The molecule has 0 radical (unpaired) electrons. The molecule has 1 aromatic heterocycles. The minimum atomic E-state index is -0.113. The predicted octanol–water partition coefficient (Wildman–Crippen LogP) is 1.60. The molecule has 2 aliphatic rings. The highest BCUT2D eigenvalue weighted by atomic mass is 32.1. The van der Waals surface area contributed by atoms with Gasteiger partial charge in [0.2, 0.25) is 0 Å². The number of rotatable bonds is 6. The molecule has 7 heteroatoms. The second kappa shape index (κ2) is 5.97. The van der Waals surface area contributed by atoms with E-state index in [2.05, 4.69) is 15.0 Å². The molecule has 0 aromatic carbocycles. The third-order valence-electron chi connectivity index (χ3n) is 3.63. The van der Waals surface area contributed by atoms with E-state index in [0.29, 0.717) is 23.5 Å². The zero-order chi connectivity index (χ0) is 13.9. The van der Waals surface area contributed by atoms with E-state index < -0.39 is 0 Å². The maximum Gasteiger partial charge on any atom is 0.258 e. The molecule has 2 fully saturated rings. The molecule has 1 saturated carbocycles. The molecular weight excluding hydrogens is 276 g/mol. The first-order valence-corrected chi connectivity index (χ1v) is 7.93. The van der Waals surface area contributed by atoms with Gasteiger partial charge in [-0.25, -0.2) is 0 Å².